The first kappa shape index (κ1) is 20.6. The number of benzene rings is 1. The molecule has 0 spiro atoms. The third kappa shape index (κ3) is 5.69. The van der Waals surface area contributed by atoms with Crippen molar-refractivity contribution in [3.05, 3.63) is 35.2 Å². The summed E-state index contributed by atoms with van der Waals surface area (Å²) in [6.45, 7) is 1.53. The Hall–Kier alpha value is -2.12. The number of aliphatic hydroxyl groups is 1. The van der Waals surface area contributed by atoms with Crippen LogP contribution in [0.4, 0.5) is 0 Å². The first-order valence-corrected chi connectivity index (χ1v) is 10.9. The van der Waals surface area contributed by atoms with Crippen LogP contribution in [0.1, 0.15) is 43.1 Å². The molecule has 1 amide bonds. The highest BCUT2D eigenvalue weighted by molar-refractivity contribution is 7.19. The van der Waals surface area contributed by atoms with Crippen molar-refractivity contribution < 1.29 is 9.90 Å². The molecule has 1 aliphatic carbocycles. The molecular formula is C21H30N4O2S. The van der Waals surface area contributed by atoms with E-state index >= 15 is 0 Å². The van der Waals surface area contributed by atoms with Gasteiger partial charge in [-0.15, -0.1) is 11.3 Å². The van der Waals surface area contributed by atoms with Crippen molar-refractivity contribution in [2.24, 2.45) is 10.9 Å². The van der Waals surface area contributed by atoms with E-state index in [0.29, 0.717) is 25.6 Å². The molecule has 0 aliphatic heterocycles. The highest BCUT2D eigenvalue weighted by Crippen LogP contribution is 2.29. The SMILES string of the molecule is CN=C(NCCNC(=O)C1CCCCC1)NCC(O)c1cc2ccccc2s1. The number of amides is 1. The maximum atomic E-state index is 12.1. The molecule has 3 rings (SSSR count). The molecule has 0 bridgehead atoms. The first-order valence-electron chi connectivity index (χ1n) is 10.1. The Morgan fingerprint density at radius 3 is 2.68 bits per heavy atom. The highest BCUT2D eigenvalue weighted by atomic mass is 32.1. The Bertz CT molecular complexity index is 766. The van der Waals surface area contributed by atoms with E-state index in [1.54, 1.807) is 18.4 Å². The predicted octanol–water partition coefficient (Wildman–Crippen LogP) is 2.80. The lowest BCUT2D eigenvalue weighted by atomic mass is 9.89. The van der Waals surface area contributed by atoms with Crippen molar-refractivity contribution in [2.45, 2.75) is 38.2 Å². The van der Waals surface area contributed by atoms with E-state index in [9.17, 15) is 9.90 Å². The van der Waals surface area contributed by atoms with Crippen LogP contribution >= 0.6 is 11.3 Å². The zero-order valence-corrected chi connectivity index (χ0v) is 17.2. The average Bonchev–Trinajstić information content (AvgIpc) is 3.18. The van der Waals surface area contributed by atoms with Gasteiger partial charge < -0.3 is 21.1 Å². The quantitative estimate of drug-likeness (QED) is 0.326. The van der Waals surface area contributed by atoms with Gasteiger partial charge in [0.2, 0.25) is 5.91 Å². The maximum absolute atomic E-state index is 12.1. The molecular weight excluding hydrogens is 372 g/mol. The van der Waals surface area contributed by atoms with Crippen LogP contribution in [0.3, 0.4) is 0 Å². The van der Waals surface area contributed by atoms with Crippen molar-refractivity contribution in [1.82, 2.24) is 16.0 Å². The van der Waals surface area contributed by atoms with E-state index in [-0.39, 0.29) is 11.8 Å². The molecule has 1 heterocycles. The van der Waals surface area contributed by atoms with Crippen LogP contribution in [0.2, 0.25) is 0 Å². The molecule has 4 N–H and O–H groups in total. The summed E-state index contributed by atoms with van der Waals surface area (Å²) in [6, 6.07) is 10.2. The number of guanidine groups is 1. The molecule has 1 aliphatic rings. The topological polar surface area (TPSA) is 85.8 Å². The van der Waals surface area contributed by atoms with Crippen molar-refractivity contribution in [3.63, 3.8) is 0 Å². The zero-order chi connectivity index (χ0) is 19.8. The van der Waals surface area contributed by atoms with E-state index in [0.717, 1.165) is 35.9 Å². The second-order valence-electron chi connectivity index (χ2n) is 7.21. The van der Waals surface area contributed by atoms with Gasteiger partial charge in [-0.3, -0.25) is 9.79 Å². The number of carbonyl (C=O) groups is 1. The minimum absolute atomic E-state index is 0.171. The molecule has 152 valence electrons. The van der Waals surface area contributed by atoms with E-state index in [1.165, 1.54) is 11.1 Å². The first-order chi connectivity index (χ1) is 13.7. The summed E-state index contributed by atoms with van der Waals surface area (Å²) in [5, 5.41) is 20.9. The Morgan fingerprint density at radius 2 is 1.93 bits per heavy atom. The molecule has 1 aromatic carbocycles. The third-order valence-corrected chi connectivity index (χ3v) is 6.37. The maximum Gasteiger partial charge on any atom is 0.223 e. The summed E-state index contributed by atoms with van der Waals surface area (Å²) in [5.41, 5.74) is 0. The number of aliphatic imine (C=N–C) groups is 1. The van der Waals surface area contributed by atoms with Crippen molar-refractivity contribution in [3.8, 4) is 0 Å². The van der Waals surface area contributed by atoms with E-state index in [4.69, 9.17) is 0 Å². The Morgan fingerprint density at radius 1 is 1.18 bits per heavy atom. The lowest BCUT2D eigenvalue weighted by Gasteiger charge is -2.21. The van der Waals surface area contributed by atoms with Crippen molar-refractivity contribution in [1.29, 1.82) is 0 Å². The smallest absolute Gasteiger partial charge is 0.223 e. The van der Waals surface area contributed by atoms with Crippen molar-refractivity contribution >= 4 is 33.3 Å². The lowest BCUT2D eigenvalue weighted by Crippen LogP contribution is -2.43. The fourth-order valence-corrected chi connectivity index (χ4v) is 4.61. The summed E-state index contributed by atoms with van der Waals surface area (Å²) >= 11 is 1.61. The van der Waals surface area contributed by atoms with Gasteiger partial charge in [0.15, 0.2) is 5.96 Å². The number of thiophene rings is 1. The fraction of sp³-hybridized carbons (Fsp3) is 0.524. The predicted molar refractivity (Wildman–Crippen MR) is 116 cm³/mol. The summed E-state index contributed by atoms with van der Waals surface area (Å²) in [6.07, 6.45) is 5.00. The minimum atomic E-state index is -0.595. The molecule has 28 heavy (non-hydrogen) atoms. The normalized spacial score (nSPS) is 16.7. The standard InChI is InChI=1S/C21H30N4O2S/c1-22-21(24-12-11-23-20(27)15-7-3-2-4-8-15)25-14-17(26)19-13-16-9-5-6-10-18(16)28-19/h5-6,9-10,13,15,17,26H,2-4,7-8,11-12,14H2,1H3,(H,23,27)(H2,22,24,25). The second kappa shape index (κ2) is 10.4. The number of carbonyl (C=O) groups excluding carboxylic acids is 1. The van der Waals surface area contributed by atoms with Crippen LogP contribution in [-0.2, 0) is 4.79 Å². The average molecular weight is 403 g/mol. The molecule has 1 unspecified atom stereocenters. The monoisotopic (exact) mass is 402 g/mol. The number of rotatable bonds is 7. The van der Waals surface area contributed by atoms with Gasteiger partial charge in [0.1, 0.15) is 6.10 Å². The van der Waals surface area contributed by atoms with Crippen LogP contribution in [0, 0.1) is 5.92 Å². The van der Waals surface area contributed by atoms with Gasteiger partial charge in [-0.05, 0) is 30.4 Å². The molecule has 7 heteroatoms. The largest absolute Gasteiger partial charge is 0.386 e. The Kier molecular flexibility index (Phi) is 7.68. The number of fused-ring (bicyclic) bond motifs is 1. The molecule has 2 aromatic rings. The van der Waals surface area contributed by atoms with Crippen LogP contribution in [-0.4, -0.2) is 43.7 Å². The van der Waals surface area contributed by atoms with E-state index in [2.05, 4.69) is 33.1 Å². The van der Waals surface area contributed by atoms with Crippen LogP contribution in [0.15, 0.2) is 35.3 Å². The summed E-state index contributed by atoms with van der Waals surface area (Å²) in [5.74, 6) is 0.972. The molecule has 0 radical (unpaired) electrons. The molecule has 6 nitrogen and oxygen atoms in total. The number of aliphatic hydroxyl groups excluding tert-OH is 1. The van der Waals surface area contributed by atoms with Gasteiger partial charge in [-0.2, -0.15) is 0 Å². The van der Waals surface area contributed by atoms with Gasteiger partial charge in [-0.25, -0.2) is 0 Å². The molecule has 1 atom stereocenters. The third-order valence-electron chi connectivity index (χ3n) is 5.15. The molecule has 1 fully saturated rings. The van der Waals surface area contributed by atoms with E-state index < -0.39 is 6.10 Å². The van der Waals surface area contributed by atoms with Crippen LogP contribution in [0.25, 0.3) is 10.1 Å². The lowest BCUT2D eigenvalue weighted by molar-refractivity contribution is -0.125. The Labute approximate surface area is 170 Å². The molecule has 1 aromatic heterocycles. The zero-order valence-electron chi connectivity index (χ0n) is 16.4. The Balaban J connectivity index is 1.37. The number of nitrogens with zero attached hydrogens (tertiary/aromatic N) is 1. The minimum Gasteiger partial charge on any atom is -0.386 e. The summed E-state index contributed by atoms with van der Waals surface area (Å²) < 4.78 is 1.17. The van der Waals surface area contributed by atoms with E-state index in [1.807, 2.05) is 18.2 Å². The fourth-order valence-electron chi connectivity index (χ4n) is 3.56. The van der Waals surface area contributed by atoms with Gasteiger partial charge in [0.05, 0.1) is 0 Å². The van der Waals surface area contributed by atoms with Gasteiger partial charge in [-0.1, -0.05) is 37.5 Å². The number of hydrogen-bond acceptors (Lipinski definition) is 4. The summed E-state index contributed by atoms with van der Waals surface area (Å²) in [7, 11) is 1.70. The van der Waals surface area contributed by atoms with Crippen molar-refractivity contribution in [2.75, 3.05) is 26.7 Å². The van der Waals surface area contributed by atoms with Crippen LogP contribution < -0.4 is 16.0 Å². The van der Waals surface area contributed by atoms with Gasteiger partial charge >= 0.3 is 0 Å². The molecule has 1 saturated carbocycles. The highest BCUT2D eigenvalue weighted by Gasteiger charge is 2.20. The number of hydrogen-bond donors (Lipinski definition) is 4. The number of nitrogens with one attached hydrogen (secondary N) is 3. The molecule has 0 saturated heterocycles. The van der Waals surface area contributed by atoms with Gasteiger partial charge in [0.25, 0.3) is 0 Å². The second-order valence-corrected chi connectivity index (χ2v) is 8.32. The van der Waals surface area contributed by atoms with Gasteiger partial charge in [0, 0.05) is 42.2 Å². The summed E-state index contributed by atoms with van der Waals surface area (Å²) in [4.78, 5) is 17.3. The van der Waals surface area contributed by atoms with Crippen LogP contribution in [0.5, 0.6) is 0 Å².